The van der Waals surface area contributed by atoms with Crippen molar-refractivity contribution >= 4 is 17.3 Å². The summed E-state index contributed by atoms with van der Waals surface area (Å²) in [5, 5.41) is 20.8. The number of fused-ring (bicyclic) bond motifs is 1. The van der Waals surface area contributed by atoms with Crippen molar-refractivity contribution in [3.8, 4) is 5.88 Å². The predicted octanol–water partition coefficient (Wildman–Crippen LogP) is 2.74. The fourth-order valence-electron chi connectivity index (χ4n) is 5.64. The van der Waals surface area contributed by atoms with Crippen molar-refractivity contribution < 1.29 is 38.3 Å². The van der Waals surface area contributed by atoms with E-state index in [1.807, 2.05) is 36.1 Å². The van der Waals surface area contributed by atoms with E-state index in [0.29, 0.717) is 104 Å². The van der Waals surface area contributed by atoms with Gasteiger partial charge in [0.2, 0.25) is 5.88 Å². The summed E-state index contributed by atoms with van der Waals surface area (Å²) in [6.07, 6.45) is 8.67. The highest BCUT2D eigenvalue weighted by molar-refractivity contribution is 5.61. The number of nitrogens with one attached hydrogen (secondary N) is 2. The van der Waals surface area contributed by atoms with Crippen molar-refractivity contribution in [1.29, 1.82) is 0 Å². The van der Waals surface area contributed by atoms with Crippen molar-refractivity contribution in [2.75, 3.05) is 123 Å². The first-order valence-electron chi connectivity index (χ1n) is 18.4. The average molecular weight is 718 g/mol. The van der Waals surface area contributed by atoms with Crippen LogP contribution >= 0.6 is 0 Å². The van der Waals surface area contributed by atoms with E-state index >= 15 is 0 Å². The summed E-state index contributed by atoms with van der Waals surface area (Å²) in [7, 11) is 1.90. The number of aromatic nitrogens is 4. The standard InChI is InChI=1S/C36H59N7O8/c1-3-31-29-40-43-33(26-34(41-36(31)43)42-11-5-4-6-32(42)9-12-44)38-27-30-7-8-35(39-28-30)51-25-24-50-23-22-49-21-20-48-19-18-47-17-16-46-15-14-45-13-10-37-2/h7-8,26,28-29,32,37-38,44H,3-6,9-25,27H2,1-2H3/t32-/m0/s1. The van der Waals surface area contributed by atoms with Crippen LogP contribution < -0.4 is 20.3 Å². The third-order valence-electron chi connectivity index (χ3n) is 8.40. The molecule has 4 heterocycles. The lowest BCUT2D eigenvalue weighted by atomic mass is 9.99. The number of piperidine rings is 1. The SMILES string of the molecule is CCc1cnn2c(NCc3ccc(OCCOCCOCCOCCOCCOCCOCCNC)nc3)cc(N3CCCC[C@H]3CCO)nc12. The average Bonchev–Trinajstić information content (AvgIpc) is 3.58. The molecule has 1 saturated heterocycles. The van der Waals surface area contributed by atoms with Gasteiger partial charge in [-0.15, -0.1) is 0 Å². The molecule has 1 atom stereocenters. The monoisotopic (exact) mass is 717 g/mol. The fourth-order valence-corrected chi connectivity index (χ4v) is 5.64. The minimum absolute atomic E-state index is 0.178. The maximum Gasteiger partial charge on any atom is 0.213 e. The highest BCUT2D eigenvalue weighted by atomic mass is 16.6. The third-order valence-corrected chi connectivity index (χ3v) is 8.40. The Labute approximate surface area is 302 Å². The van der Waals surface area contributed by atoms with Gasteiger partial charge in [0, 0.05) is 56.2 Å². The molecule has 0 unspecified atom stereocenters. The first kappa shape index (κ1) is 40.6. The van der Waals surface area contributed by atoms with Crippen molar-refractivity contribution in [2.24, 2.45) is 0 Å². The van der Waals surface area contributed by atoms with Crippen molar-refractivity contribution in [2.45, 2.75) is 51.6 Å². The minimum Gasteiger partial charge on any atom is -0.475 e. The topological polar surface area (TPSA) is 155 Å². The zero-order valence-electron chi connectivity index (χ0n) is 30.6. The number of likely N-dealkylation sites (N-methyl/N-ethyl adjacent to an activating group) is 1. The summed E-state index contributed by atoms with van der Waals surface area (Å²) in [5.41, 5.74) is 2.98. The van der Waals surface area contributed by atoms with Gasteiger partial charge in [-0.1, -0.05) is 13.0 Å². The largest absolute Gasteiger partial charge is 0.475 e. The molecule has 4 rings (SSSR count). The van der Waals surface area contributed by atoms with Crippen LogP contribution in [0.4, 0.5) is 11.6 Å². The molecule has 1 aliphatic heterocycles. The molecule has 0 saturated carbocycles. The van der Waals surface area contributed by atoms with Gasteiger partial charge < -0.3 is 53.8 Å². The summed E-state index contributed by atoms with van der Waals surface area (Å²) in [6.45, 7) is 11.4. The number of aliphatic hydroxyl groups is 1. The Morgan fingerprint density at radius 3 is 2.06 bits per heavy atom. The second-order valence-electron chi connectivity index (χ2n) is 12.1. The lowest BCUT2D eigenvalue weighted by molar-refractivity contribution is -0.0176. The molecule has 3 aromatic heterocycles. The van der Waals surface area contributed by atoms with Crippen LogP contribution in [0.5, 0.6) is 5.88 Å². The lowest BCUT2D eigenvalue weighted by Crippen LogP contribution is -2.40. The van der Waals surface area contributed by atoms with Crippen molar-refractivity contribution in [1.82, 2.24) is 24.9 Å². The Morgan fingerprint density at radius 2 is 1.47 bits per heavy atom. The Kier molecular flexibility index (Phi) is 19.9. The van der Waals surface area contributed by atoms with E-state index in [4.69, 9.17) is 38.1 Å². The quantitative estimate of drug-likeness (QED) is 0.0902. The van der Waals surface area contributed by atoms with Gasteiger partial charge in [0.15, 0.2) is 5.65 Å². The first-order valence-corrected chi connectivity index (χ1v) is 18.4. The summed E-state index contributed by atoms with van der Waals surface area (Å²) in [4.78, 5) is 11.8. The second kappa shape index (κ2) is 24.9. The number of hydrogen-bond acceptors (Lipinski definition) is 14. The molecule has 0 spiro atoms. The van der Waals surface area contributed by atoms with Crippen molar-refractivity contribution in [3.05, 3.63) is 41.7 Å². The molecular formula is C36H59N7O8. The summed E-state index contributed by atoms with van der Waals surface area (Å²) < 4.78 is 40.6. The zero-order chi connectivity index (χ0) is 35.8. The number of pyridine rings is 1. The molecule has 0 aliphatic carbocycles. The van der Waals surface area contributed by atoms with Crippen LogP contribution in [0.15, 0.2) is 30.6 Å². The Balaban J connectivity index is 1.04. The van der Waals surface area contributed by atoms with Gasteiger partial charge in [-0.25, -0.2) is 9.97 Å². The number of ether oxygens (including phenoxy) is 7. The fraction of sp³-hybridized carbons (Fsp3) is 0.694. The van der Waals surface area contributed by atoms with Gasteiger partial charge in [-0.3, -0.25) is 0 Å². The molecule has 0 amide bonds. The van der Waals surface area contributed by atoms with Crippen LogP contribution in [0.1, 0.15) is 43.7 Å². The van der Waals surface area contributed by atoms with Crippen LogP contribution in [0, 0.1) is 0 Å². The molecule has 3 aromatic rings. The first-order chi connectivity index (χ1) is 25.2. The van der Waals surface area contributed by atoms with E-state index in [2.05, 4.69) is 38.6 Å². The Morgan fingerprint density at radius 1 is 0.824 bits per heavy atom. The molecule has 1 aliphatic rings. The molecule has 286 valence electrons. The van der Waals surface area contributed by atoms with Gasteiger partial charge in [-0.05, 0) is 44.7 Å². The van der Waals surface area contributed by atoms with Crippen LogP contribution in [0.3, 0.4) is 0 Å². The van der Waals surface area contributed by atoms with Gasteiger partial charge in [0.1, 0.15) is 18.2 Å². The van der Waals surface area contributed by atoms with Crippen LogP contribution in [-0.2, 0) is 41.4 Å². The lowest BCUT2D eigenvalue weighted by Gasteiger charge is -2.36. The van der Waals surface area contributed by atoms with Gasteiger partial charge >= 0.3 is 0 Å². The van der Waals surface area contributed by atoms with Gasteiger partial charge in [0.25, 0.3) is 0 Å². The maximum atomic E-state index is 9.65. The smallest absolute Gasteiger partial charge is 0.213 e. The molecular weight excluding hydrogens is 658 g/mol. The molecule has 15 nitrogen and oxygen atoms in total. The summed E-state index contributed by atoms with van der Waals surface area (Å²) in [5.74, 6) is 2.35. The second-order valence-corrected chi connectivity index (χ2v) is 12.1. The molecule has 0 bridgehead atoms. The van der Waals surface area contributed by atoms with E-state index in [0.717, 1.165) is 67.2 Å². The number of aryl methyl sites for hydroxylation is 1. The Bertz CT molecular complexity index is 1330. The third kappa shape index (κ3) is 14.8. The number of rotatable bonds is 29. The number of hydrogen-bond donors (Lipinski definition) is 3. The summed E-state index contributed by atoms with van der Waals surface area (Å²) in [6, 6.07) is 6.23. The van der Waals surface area contributed by atoms with E-state index in [-0.39, 0.29) is 6.61 Å². The van der Waals surface area contributed by atoms with Gasteiger partial charge in [0.05, 0.1) is 85.5 Å². The van der Waals surface area contributed by atoms with Gasteiger partial charge in [-0.2, -0.15) is 9.61 Å². The molecule has 15 heteroatoms. The molecule has 3 N–H and O–H groups in total. The molecule has 0 aromatic carbocycles. The zero-order valence-corrected chi connectivity index (χ0v) is 30.6. The number of anilines is 2. The predicted molar refractivity (Wildman–Crippen MR) is 195 cm³/mol. The van der Waals surface area contributed by atoms with Crippen molar-refractivity contribution in [3.63, 3.8) is 0 Å². The van der Waals surface area contributed by atoms with E-state index < -0.39 is 0 Å². The van der Waals surface area contributed by atoms with Crippen LogP contribution in [0.2, 0.25) is 0 Å². The molecule has 0 radical (unpaired) electrons. The van der Waals surface area contributed by atoms with E-state index in [1.54, 1.807) is 0 Å². The van der Waals surface area contributed by atoms with Crippen LogP contribution in [-0.4, -0.2) is 143 Å². The minimum atomic E-state index is 0.178. The summed E-state index contributed by atoms with van der Waals surface area (Å²) >= 11 is 0. The van der Waals surface area contributed by atoms with E-state index in [9.17, 15) is 5.11 Å². The maximum absolute atomic E-state index is 9.65. The molecule has 51 heavy (non-hydrogen) atoms. The number of aliphatic hydroxyl groups excluding tert-OH is 1. The Hall–Kier alpha value is -3.15. The number of nitrogens with zero attached hydrogens (tertiary/aromatic N) is 5. The highest BCUT2D eigenvalue weighted by Crippen LogP contribution is 2.29. The highest BCUT2D eigenvalue weighted by Gasteiger charge is 2.25. The van der Waals surface area contributed by atoms with Crippen LogP contribution in [0.25, 0.3) is 5.65 Å². The normalized spacial score (nSPS) is 14.8. The molecule has 1 fully saturated rings. The van der Waals surface area contributed by atoms with E-state index in [1.165, 1.54) is 6.42 Å².